The van der Waals surface area contributed by atoms with Gasteiger partial charge in [0.2, 0.25) is 0 Å². The number of alkyl halides is 1. The highest BCUT2D eigenvalue weighted by atomic mass is 79.9. The maximum absolute atomic E-state index is 12.1. The Bertz CT molecular complexity index is 396. The molecule has 1 fully saturated rings. The first kappa shape index (κ1) is 13.4. The van der Waals surface area contributed by atoms with E-state index in [9.17, 15) is 4.79 Å². The molecule has 1 amide bonds. The van der Waals surface area contributed by atoms with Crippen LogP contribution in [0.3, 0.4) is 0 Å². The van der Waals surface area contributed by atoms with Crippen molar-refractivity contribution in [2.75, 3.05) is 5.33 Å². The van der Waals surface area contributed by atoms with Crippen LogP contribution in [0, 0.1) is 5.92 Å². The van der Waals surface area contributed by atoms with Crippen LogP contribution in [0.1, 0.15) is 35.4 Å². The van der Waals surface area contributed by atoms with E-state index in [1.807, 2.05) is 5.38 Å². The van der Waals surface area contributed by atoms with Crippen LogP contribution in [-0.4, -0.2) is 17.3 Å². The van der Waals surface area contributed by atoms with Crippen LogP contribution < -0.4 is 5.32 Å². The quantitative estimate of drug-likeness (QED) is 0.828. The molecule has 5 heteroatoms. The molecule has 2 atom stereocenters. The zero-order valence-corrected chi connectivity index (χ0v) is 12.6. The highest BCUT2D eigenvalue weighted by Gasteiger charge is 2.26. The predicted octanol–water partition coefficient (Wildman–Crippen LogP) is 4.09. The maximum atomic E-state index is 12.1. The van der Waals surface area contributed by atoms with Gasteiger partial charge >= 0.3 is 0 Å². The van der Waals surface area contributed by atoms with Crippen molar-refractivity contribution in [1.29, 1.82) is 0 Å². The van der Waals surface area contributed by atoms with E-state index in [1.165, 1.54) is 30.6 Å². The lowest BCUT2D eigenvalue weighted by Crippen LogP contribution is -2.42. The van der Waals surface area contributed by atoms with Gasteiger partial charge in [-0.25, -0.2) is 0 Å². The molecule has 1 aromatic heterocycles. The zero-order chi connectivity index (χ0) is 12.3. The minimum atomic E-state index is -0.0251. The molecule has 1 aromatic rings. The first-order chi connectivity index (χ1) is 8.22. The van der Waals surface area contributed by atoms with E-state index in [-0.39, 0.29) is 11.9 Å². The molecule has 2 nitrogen and oxygen atoms in total. The molecule has 0 bridgehead atoms. The average molecular weight is 337 g/mol. The standard InChI is InChI=1S/C12H15BrClNOS/c13-7-8-3-1-2-4-10(8)15-12(16)11-9(14)5-6-17-11/h5-6,8,10H,1-4,7H2,(H,15,16). The topological polar surface area (TPSA) is 29.1 Å². The molecule has 1 aliphatic carbocycles. The summed E-state index contributed by atoms with van der Waals surface area (Å²) in [6, 6.07) is 2.05. The summed E-state index contributed by atoms with van der Waals surface area (Å²) in [7, 11) is 0. The molecule has 2 rings (SSSR count). The van der Waals surface area contributed by atoms with Crippen LogP contribution in [0.4, 0.5) is 0 Å². The van der Waals surface area contributed by atoms with Crippen LogP contribution in [0.5, 0.6) is 0 Å². The van der Waals surface area contributed by atoms with Gasteiger partial charge in [0.25, 0.3) is 5.91 Å². The molecule has 1 N–H and O–H groups in total. The van der Waals surface area contributed by atoms with Crippen molar-refractivity contribution in [3.8, 4) is 0 Å². The number of rotatable bonds is 3. The van der Waals surface area contributed by atoms with Gasteiger partial charge in [0.05, 0.1) is 5.02 Å². The van der Waals surface area contributed by atoms with Crippen LogP contribution >= 0.6 is 38.9 Å². The summed E-state index contributed by atoms with van der Waals surface area (Å²) in [5, 5.41) is 6.48. The van der Waals surface area contributed by atoms with Crippen molar-refractivity contribution in [1.82, 2.24) is 5.32 Å². The van der Waals surface area contributed by atoms with Gasteiger partial charge in [-0.3, -0.25) is 4.79 Å². The monoisotopic (exact) mass is 335 g/mol. The van der Waals surface area contributed by atoms with Crippen LogP contribution in [0.2, 0.25) is 5.02 Å². The van der Waals surface area contributed by atoms with Crippen molar-refractivity contribution < 1.29 is 4.79 Å². The first-order valence-electron chi connectivity index (χ1n) is 5.82. The Morgan fingerprint density at radius 2 is 2.29 bits per heavy atom. The van der Waals surface area contributed by atoms with Gasteiger partial charge in [-0.15, -0.1) is 11.3 Å². The second-order valence-corrected chi connectivity index (χ2v) is 6.35. The molecule has 1 aliphatic rings. The third-order valence-corrected chi connectivity index (χ3v) is 5.42. The van der Waals surface area contributed by atoms with Crippen molar-refractivity contribution in [3.05, 3.63) is 21.3 Å². The Morgan fingerprint density at radius 1 is 1.53 bits per heavy atom. The summed E-state index contributed by atoms with van der Waals surface area (Å²) < 4.78 is 0. The summed E-state index contributed by atoms with van der Waals surface area (Å²) in [5.41, 5.74) is 0. The van der Waals surface area contributed by atoms with Crippen LogP contribution in [0.25, 0.3) is 0 Å². The van der Waals surface area contributed by atoms with Gasteiger partial charge in [0.1, 0.15) is 4.88 Å². The maximum Gasteiger partial charge on any atom is 0.263 e. The Kier molecular flexibility index (Phi) is 4.88. The third kappa shape index (κ3) is 3.24. The molecule has 1 heterocycles. The largest absolute Gasteiger partial charge is 0.348 e. The van der Waals surface area contributed by atoms with E-state index in [4.69, 9.17) is 11.6 Å². The molecular formula is C12H15BrClNOS. The number of nitrogens with one attached hydrogen (secondary N) is 1. The van der Waals surface area contributed by atoms with Gasteiger partial charge in [0, 0.05) is 11.4 Å². The number of hydrogen-bond acceptors (Lipinski definition) is 2. The van der Waals surface area contributed by atoms with Gasteiger partial charge < -0.3 is 5.32 Å². The van der Waals surface area contributed by atoms with Gasteiger partial charge in [0.15, 0.2) is 0 Å². The molecule has 0 spiro atoms. The number of thiophene rings is 1. The van der Waals surface area contributed by atoms with Gasteiger partial charge in [-0.2, -0.15) is 0 Å². The fraction of sp³-hybridized carbons (Fsp3) is 0.583. The van der Waals surface area contributed by atoms with Crippen molar-refractivity contribution in [3.63, 3.8) is 0 Å². The second-order valence-electron chi connectivity index (χ2n) is 4.38. The molecule has 0 saturated heterocycles. The summed E-state index contributed by atoms with van der Waals surface area (Å²) in [4.78, 5) is 12.7. The molecular weight excluding hydrogens is 322 g/mol. The smallest absolute Gasteiger partial charge is 0.263 e. The predicted molar refractivity (Wildman–Crippen MR) is 76.3 cm³/mol. The highest BCUT2D eigenvalue weighted by molar-refractivity contribution is 9.09. The fourth-order valence-corrected chi connectivity index (χ4v) is 4.09. The van der Waals surface area contributed by atoms with E-state index in [2.05, 4.69) is 21.2 Å². The Hall–Kier alpha value is -0.0600. The van der Waals surface area contributed by atoms with Crippen molar-refractivity contribution in [2.24, 2.45) is 5.92 Å². The van der Waals surface area contributed by atoms with Gasteiger partial charge in [-0.1, -0.05) is 40.4 Å². The molecule has 94 valence electrons. The van der Waals surface area contributed by atoms with E-state index in [0.29, 0.717) is 15.8 Å². The lowest BCUT2D eigenvalue weighted by molar-refractivity contribution is 0.0916. The second kappa shape index (κ2) is 6.21. The van der Waals surface area contributed by atoms with E-state index in [0.717, 1.165) is 11.8 Å². The third-order valence-electron chi connectivity index (χ3n) is 3.25. The summed E-state index contributed by atoms with van der Waals surface area (Å²) in [6.45, 7) is 0. The first-order valence-corrected chi connectivity index (χ1v) is 8.20. The SMILES string of the molecule is O=C(NC1CCCCC1CBr)c1sccc1Cl. The Balaban J connectivity index is 2.00. The number of carbonyl (C=O) groups is 1. The Labute approximate surface area is 119 Å². The van der Waals surface area contributed by atoms with Crippen LogP contribution in [-0.2, 0) is 0 Å². The minimum Gasteiger partial charge on any atom is -0.348 e. The molecule has 0 aromatic carbocycles. The average Bonchev–Trinajstić information content (AvgIpc) is 2.76. The minimum absolute atomic E-state index is 0.0251. The van der Waals surface area contributed by atoms with E-state index < -0.39 is 0 Å². The molecule has 17 heavy (non-hydrogen) atoms. The lowest BCUT2D eigenvalue weighted by Gasteiger charge is -2.30. The van der Waals surface area contributed by atoms with E-state index >= 15 is 0 Å². The normalized spacial score (nSPS) is 24.6. The van der Waals surface area contributed by atoms with Gasteiger partial charge in [-0.05, 0) is 30.2 Å². The molecule has 0 aliphatic heterocycles. The number of carbonyl (C=O) groups excluding carboxylic acids is 1. The highest BCUT2D eigenvalue weighted by Crippen LogP contribution is 2.27. The summed E-state index contributed by atoms with van der Waals surface area (Å²) >= 11 is 10.9. The number of amides is 1. The molecule has 2 unspecified atom stereocenters. The molecule has 0 radical (unpaired) electrons. The zero-order valence-electron chi connectivity index (χ0n) is 9.42. The fourth-order valence-electron chi connectivity index (χ4n) is 2.27. The molecule has 1 saturated carbocycles. The number of halogens is 2. The summed E-state index contributed by atoms with van der Waals surface area (Å²) in [6.07, 6.45) is 4.73. The Morgan fingerprint density at radius 3 is 2.94 bits per heavy atom. The van der Waals surface area contributed by atoms with E-state index in [1.54, 1.807) is 6.07 Å². The van der Waals surface area contributed by atoms with Crippen molar-refractivity contribution in [2.45, 2.75) is 31.7 Å². The van der Waals surface area contributed by atoms with Crippen molar-refractivity contribution >= 4 is 44.8 Å². The number of hydrogen-bond donors (Lipinski definition) is 1. The lowest BCUT2D eigenvalue weighted by atomic mass is 9.86. The summed E-state index contributed by atoms with van der Waals surface area (Å²) in [5.74, 6) is 0.522. The van der Waals surface area contributed by atoms with Crippen LogP contribution in [0.15, 0.2) is 11.4 Å².